The predicted molar refractivity (Wildman–Crippen MR) is 78.4 cm³/mol. The van der Waals surface area contributed by atoms with Gasteiger partial charge in [-0.2, -0.15) is 4.99 Å². The molecule has 0 spiro atoms. The molecule has 0 aliphatic carbocycles. The summed E-state index contributed by atoms with van der Waals surface area (Å²) in [5.41, 5.74) is 1.52. The Hall–Kier alpha value is -2.46. The van der Waals surface area contributed by atoms with Crippen molar-refractivity contribution < 1.29 is 9.21 Å². The largest absolute Gasteiger partial charge is 0.429 e. The molecule has 1 aromatic heterocycles. The zero-order valence-electron chi connectivity index (χ0n) is 10.5. The molecule has 3 aromatic rings. The maximum absolute atomic E-state index is 11.9. The van der Waals surface area contributed by atoms with Crippen LogP contribution < -0.4 is 4.87 Å². The Kier molecular flexibility index (Phi) is 3.56. The normalized spacial score (nSPS) is 11.5. The van der Waals surface area contributed by atoms with E-state index < -0.39 is 0 Å². The summed E-state index contributed by atoms with van der Waals surface area (Å²) in [5, 5.41) is 1.85. The molecule has 2 aromatic carbocycles. The Morgan fingerprint density at radius 2 is 1.60 bits per heavy atom. The summed E-state index contributed by atoms with van der Waals surface area (Å²) < 4.78 is 5.59. The van der Waals surface area contributed by atoms with Gasteiger partial charge >= 0.3 is 0 Å². The Morgan fingerprint density at radius 1 is 0.950 bits per heavy atom. The van der Waals surface area contributed by atoms with Crippen LogP contribution in [0.15, 0.2) is 75.5 Å². The highest BCUT2D eigenvalue weighted by atomic mass is 32.1. The molecule has 1 amide bonds. The topological polar surface area (TPSA) is 42.6 Å². The minimum absolute atomic E-state index is 0.296. The van der Waals surface area contributed by atoms with Gasteiger partial charge < -0.3 is 4.42 Å². The lowest BCUT2D eigenvalue weighted by atomic mass is 10.2. The molecule has 3 rings (SSSR count). The molecule has 0 N–H and O–H groups in total. The van der Waals surface area contributed by atoms with E-state index in [1.165, 1.54) is 11.3 Å². The summed E-state index contributed by atoms with van der Waals surface area (Å²) >= 11 is 1.31. The molecule has 0 saturated carbocycles. The van der Waals surface area contributed by atoms with Crippen molar-refractivity contribution in [3.05, 3.63) is 76.5 Å². The molecule has 0 aliphatic heterocycles. The Morgan fingerprint density at radius 3 is 2.30 bits per heavy atom. The standard InChI is InChI=1S/C16H11NO2S/c18-15(13-9-5-2-6-10-13)17-16-19-14(11-20-16)12-7-3-1-4-8-12/h1-11H. The number of hydrogen-bond acceptors (Lipinski definition) is 3. The number of rotatable bonds is 2. The average molecular weight is 281 g/mol. The van der Waals surface area contributed by atoms with Gasteiger partial charge in [0.25, 0.3) is 10.8 Å². The van der Waals surface area contributed by atoms with Crippen LogP contribution in [0.1, 0.15) is 10.4 Å². The van der Waals surface area contributed by atoms with Crippen molar-refractivity contribution in [2.45, 2.75) is 0 Å². The first-order chi connectivity index (χ1) is 9.83. The fourth-order valence-electron chi connectivity index (χ4n) is 1.75. The van der Waals surface area contributed by atoms with Crippen molar-refractivity contribution in [1.29, 1.82) is 0 Å². The molecule has 0 fully saturated rings. The highest BCUT2D eigenvalue weighted by Gasteiger charge is 2.05. The maximum atomic E-state index is 11.9. The molecule has 3 nitrogen and oxygen atoms in total. The van der Waals surface area contributed by atoms with E-state index in [0.717, 1.165) is 11.3 Å². The smallest absolute Gasteiger partial charge is 0.282 e. The molecule has 0 atom stereocenters. The highest BCUT2D eigenvalue weighted by molar-refractivity contribution is 7.07. The molecule has 1 heterocycles. The van der Waals surface area contributed by atoms with Crippen molar-refractivity contribution in [1.82, 2.24) is 0 Å². The van der Waals surface area contributed by atoms with E-state index in [1.54, 1.807) is 12.1 Å². The van der Waals surface area contributed by atoms with Crippen LogP contribution in [0.5, 0.6) is 0 Å². The van der Waals surface area contributed by atoms with Crippen molar-refractivity contribution in [2.24, 2.45) is 4.99 Å². The molecule has 0 aliphatic rings. The molecule has 20 heavy (non-hydrogen) atoms. The van der Waals surface area contributed by atoms with Crippen molar-refractivity contribution in [3.63, 3.8) is 0 Å². The van der Waals surface area contributed by atoms with Crippen LogP contribution in [-0.4, -0.2) is 5.91 Å². The quantitative estimate of drug-likeness (QED) is 0.718. The maximum Gasteiger partial charge on any atom is 0.282 e. The van der Waals surface area contributed by atoms with E-state index in [0.29, 0.717) is 10.4 Å². The summed E-state index contributed by atoms with van der Waals surface area (Å²) in [4.78, 5) is 16.3. The first-order valence-electron chi connectivity index (χ1n) is 6.11. The zero-order chi connectivity index (χ0) is 13.8. The van der Waals surface area contributed by atoms with Crippen molar-refractivity contribution in [2.75, 3.05) is 0 Å². The molecule has 0 bridgehead atoms. The van der Waals surface area contributed by atoms with Crippen LogP contribution in [-0.2, 0) is 0 Å². The van der Waals surface area contributed by atoms with Crippen molar-refractivity contribution >= 4 is 17.2 Å². The van der Waals surface area contributed by atoms with Gasteiger partial charge in [0.05, 0.1) is 0 Å². The van der Waals surface area contributed by atoms with Crippen LogP contribution in [0.3, 0.4) is 0 Å². The van der Waals surface area contributed by atoms with E-state index in [-0.39, 0.29) is 5.91 Å². The predicted octanol–water partition coefficient (Wildman–Crippen LogP) is 3.75. The number of nitrogens with zero attached hydrogens (tertiary/aromatic N) is 1. The molecule has 0 saturated heterocycles. The highest BCUT2D eigenvalue weighted by Crippen LogP contribution is 2.18. The summed E-state index contributed by atoms with van der Waals surface area (Å²) in [6, 6.07) is 18.7. The summed E-state index contributed by atoms with van der Waals surface area (Å²) in [5.74, 6) is 0.422. The molecule has 98 valence electrons. The van der Waals surface area contributed by atoms with Crippen LogP contribution in [0.2, 0.25) is 0 Å². The monoisotopic (exact) mass is 281 g/mol. The van der Waals surface area contributed by atoms with Crippen LogP contribution in [0.4, 0.5) is 0 Å². The number of amides is 1. The Balaban J connectivity index is 1.91. The third-order valence-electron chi connectivity index (χ3n) is 2.74. The van der Waals surface area contributed by atoms with Crippen LogP contribution in [0.25, 0.3) is 11.3 Å². The number of carbonyl (C=O) groups is 1. The SMILES string of the molecule is O=C(N=c1oc(-c2ccccc2)cs1)c1ccccc1. The second-order valence-electron chi connectivity index (χ2n) is 4.12. The fraction of sp³-hybridized carbons (Fsp3) is 0. The molecular formula is C16H11NO2S. The second kappa shape index (κ2) is 5.67. The van der Waals surface area contributed by atoms with Gasteiger partial charge in [-0.1, -0.05) is 59.9 Å². The lowest BCUT2D eigenvalue weighted by Gasteiger charge is -1.93. The summed E-state index contributed by atoms with van der Waals surface area (Å²) in [6.45, 7) is 0. The van der Waals surface area contributed by atoms with Gasteiger partial charge in [0.2, 0.25) is 0 Å². The first-order valence-corrected chi connectivity index (χ1v) is 6.99. The van der Waals surface area contributed by atoms with E-state index >= 15 is 0 Å². The van der Waals surface area contributed by atoms with E-state index in [1.807, 2.05) is 53.9 Å². The molecule has 0 unspecified atom stereocenters. The van der Waals surface area contributed by atoms with Gasteiger partial charge in [-0.25, -0.2) is 0 Å². The lowest BCUT2D eigenvalue weighted by Crippen LogP contribution is -2.01. The third-order valence-corrected chi connectivity index (χ3v) is 3.44. The summed E-state index contributed by atoms with van der Waals surface area (Å²) in [7, 11) is 0. The van der Waals surface area contributed by atoms with Gasteiger partial charge in [0.1, 0.15) is 5.76 Å². The van der Waals surface area contributed by atoms with Gasteiger partial charge in [0, 0.05) is 16.5 Å². The van der Waals surface area contributed by atoms with Gasteiger partial charge in [-0.15, -0.1) is 0 Å². The van der Waals surface area contributed by atoms with E-state index in [9.17, 15) is 4.79 Å². The molecular weight excluding hydrogens is 270 g/mol. The lowest BCUT2D eigenvalue weighted by molar-refractivity contribution is 0.0996. The third kappa shape index (κ3) is 2.75. The number of benzene rings is 2. The minimum Gasteiger partial charge on any atom is -0.429 e. The number of hydrogen-bond donors (Lipinski definition) is 0. The molecule has 4 heteroatoms. The van der Waals surface area contributed by atoms with Crippen LogP contribution in [0, 0.1) is 0 Å². The Bertz CT molecular complexity index is 773. The fourth-order valence-corrected chi connectivity index (χ4v) is 2.42. The van der Waals surface area contributed by atoms with Crippen molar-refractivity contribution in [3.8, 4) is 11.3 Å². The Labute approximate surface area is 119 Å². The van der Waals surface area contributed by atoms with Gasteiger partial charge in [-0.05, 0) is 12.1 Å². The second-order valence-corrected chi connectivity index (χ2v) is 4.94. The van der Waals surface area contributed by atoms with E-state index in [2.05, 4.69) is 4.99 Å². The number of carbonyl (C=O) groups excluding carboxylic acids is 1. The first kappa shape index (κ1) is 12.6. The minimum atomic E-state index is -0.296. The van der Waals surface area contributed by atoms with Crippen LogP contribution >= 0.6 is 11.3 Å². The van der Waals surface area contributed by atoms with E-state index in [4.69, 9.17) is 4.42 Å². The zero-order valence-corrected chi connectivity index (χ0v) is 11.3. The average Bonchev–Trinajstić information content (AvgIpc) is 2.97. The summed E-state index contributed by atoms with van der Waals surface area (Å²) in [6.07, 6.45) is 0. The van der Waals surface area contributed by atoms with Gasteiger partial charge in [-0.3, -0.25) is 4.79 Å². The van der Waals surface area contributed by atoms with Gasteiger partial charge in [0.15, 0.2) is 0 Å². The molecule has 0 radical (unpaired) electrons.